The van der Waals surface area contributed by atoms with Gasteiger partial charge in [-0.25, -0.2) is 24.1 Å². The number of nitrogens with one attached hydrogen (secondary N) is 3. The molecule has 0 unspecified atom stereocenters. The number of hydrogen-bond acceptors (Lipinski definition) is 6. The van der Waals surface area contributed by atoms with Gasteiger partial charge < -0.3 is 25.6 Å². The number of amides is 2. The van der Waals surface area contributed by atoms with Gasteiger partial charge in [-0.05, 0) is 37.8 Å². The Bertz CT molecular complexity index is 1270. The van der Waals surface area contributed by atoms with Crippen molar-refractivity contribution < 1.29 is 13.9 Å². The van der Waals surface area contributed by atoms with E-state index < -0.39 is 5.82 Å². The highest BCUT2D eigenvalue weighted by Crippen LogP contribution is 2.26. The second kappa shape index (κ2) is 11.9. The van der Waals surface area contributed by atoms with E-state index in [9.17, 15) is 9.18 Å². The summed E-state index contributed by atoms with van der Waals surface area (Å²) >= 11 is 5.84. The van der Waals surface area contributed by atoms with Gasteiger partial charge in [0.25, 0.3) is 0 Å². The monoisotopic (exact) mass is 525 g/mol. The number of anilines is 2. The van der Waals surface area contributed by atoms with Crippen molar-refractivity contribution in [1.82, 2.24) is 20.2 Å². The molecule has 2 aliphatic rings. The van der Waals surface area contributed by atoms with Crippen LogP contribution < -0.4 is 20.7 Å². The van der Waals surface area contributed by atoms with Crippen LogP contribution in [-0.4, -0.2) is 53.5 Å². The number of methoxy groups -OCH3 is 1. The van der Waals surface area contributed by atoms with Crippen LogP contribution in [0.1, 0.15) is 25.6 Å². The molecule has 2 aromatic rings. The number of amidine groups is 1. The van der Waals surface area contributed by atoms with Crippen molar-refractivity contribution >= 4 is 40.5 Å². The van der Waals surface area contributed by atoms with Gasteiger partial charge in [0.15, 0.2) is 17.5 Å². The predicted molar refractivity (Wildman–Crippen MR) is 144 cm³/mol. The van der Waals surface area contributed by atoms with E-state index >= 15 is 0 Å². The molecule has 1 atom stereocenters. The minimum atomic E-state index is -0.557. The molecule has 1 saturated heterocycles. The maximum absolute atomic E-state index is 14.5. The van der Waals surface area contributed by atoms with Gasteiger partial charge in [0.05, 0.1) is 13.3 Å². The Labute approximate surface area is 220 Å². The molecule has 11 heteroatoms. The van der Waals surface area contributed by atoms with Crippen molar-refractivity contribution in [2.45, 2.75) is 19.8 Å². The van der Waals surface area contributed by atoms with Gasteiger partial charge in [0.1, 0.15) is 11.6 Å². The highest BCUT2D eigenvalue weighted by Gasteiger charge is 2.25. The molecular weight excluding hydrogens is 497 g/mol. The van der Waals surface area contributed by atoms with Crippen LogP contribution in [0.15, 0.2) is 65.0 Å². The first-order valence-corrected chi connectivity index (χ1v) is 12.2. The lowest BCUT2D eigenvalue weighted by atomic mass is 9.98. The minimum absolute atomic E-state index is 0.0959. The number of aromatic nitrogens is 2. The Morgan fingerprint density at radius 3 is 3.08 bits per heavy atom. The van der Waals surface area contributed by atoms with Crippen molar-refractivity contribution in [2.75, 3.05) is 37.4 Å². The lowest BCUT2D eigenvalue weighted by Crippen LogP contribution is -2.44. The summed E-state index contributed by atoms with van der Waals surface area (Å²) in [5.41, 5.74) is 1.86. The van der Waals surface area contributed by atoms with Crippen LogP contribution in [0.3, 0.4) is 0 Å². The van der Waals surface area contributed by atoms with Gasteiger partial charge in [-0.1, -0.05) is 24.2 Å². The zero-order valence-electron chi connectivity index (χ0n) is 20.7. The molecule has 1 fully saturated rings. The van der Waals surface area contributed by atoms with Crippen LogP contribution >= 0.6 is 11.6 Å². The second-order valence-electron chi connectivity index (χ2n) is 8.76. The van der Waals surface area contributed by atoms with Gasteiger partial charge in [-0.15, -0.1) is 0 Å². The number of ether oxygens (including phenoxy) is 1. The first-order chi connectivity index (χ1) is 17.8. The van der Waals surface area contributed by atoms with Crippen LogP contribution in [0.5, 0.6) is 5.75 Å². The minimum Gasteiger partial charge on any atom is -0.497 e. The number of carbonyl (C=O) groups excluding carboxylic acids is 1. The van der Waals surface area contributed by atoms with Gasteiger partial charge in [-0.2, -0.15) is 0 Å². The molecule has 0 radical (unpaired) electrons. The quantitative estimate of drug-likeness (QED) is 0.471. The van der Waals surface area contributed by atoms with Gasteiger partial charge in [0, 0.05) is 60.0 Å². The smallest absolute Gasteiger partial charge is 0.321 e. The maximum atomic E-state index is 14.5. The van der Waals surface area contributed by atoms with Crippen LogP contribution in [0.4, 0.5) is 20.7 Å². The van der Waals surface area contributed by atoms with E-state index in [2.05, 4.69) is 37.5 Å². The molecule has 3 heterocycles. The molecule has 194 valence electrons. The Balaban J connectivity index is 1.36. The Morgan fingerprint density at radius 1 is 1.46 bits per heavy atom. The average molecular weight is 526 g/mol. The molecule has 3 N–H and O–H groups in total. The molecule has 2 aliphatic heterocycles. The largest absolute Gasteiger partial charge is 0.497 e. The Hall–Kier alpha value is -3.92. The number of urea groups is 1. The summed E-state index contributed by atoms with van der Waals surface area (Å²) in [5, 5.41) is 9.55. The molecule has 2 amide bonds. The number of benzene rings is 1. The lowest BCUT2D eigenvalue weighted by Gasteiger charge is -2.33. The Morgan fingerprint density at radius 2 is 2.30 bits per heavy atom. The van der Waals surface area contributed by atoms with E-state index in [4.69, 9.17) is 16.3 Å². The molecule has 1 aromatic carbocycles. The molecule has 0 saturated carbocycles. The topological polar surface area (TPSA) is 104 Å². The number of rotatable bonds is 7. The highest BCUT2D eigenvalue weighted by molar-refractivity contribution is 6.29. The van der Waals surface area contributed by atoms with Crippen LogP contribution in [0.25, 0.3) is 5.57 Å². The first-order valence-electron chi connectivity index (χ1n) is 11.9. The summed E-state index contributed by atoms with van der Waals surface area (Å²) in [7, 11) is 1.58. The van der Waals surface area contributed by atoms with Crippen molar-refractivity contribution in [3.05, 3.63) is 71.7 Å². The van der Waals surface area contributed by atoms with E-state index in [1.807, 2.05) is 18.2 Å². The average Bonchev–Trinajstić information content (AvgIpc) is 3.27. The molecule has 0 bridgehead atoms. The molecule has 0 aliphatic carbocycles. The predicted octanol–water partition coefficient (Wildman–Crippen LogP) is 4.98. The summed E-state index contributed by atoms with van der Waals surface area (Å²) in [6, 6.07) is 7.04. The normalized spacial score (nSPS) is 18.9. The fraction of sp³-hybridized carbons (Fsp3) is 0.308. The van der Waals surface area contributed by atoms with Gasteiger partial charge in [-0.3, -0.25) is 0 Å². The summed E-state index contributed by atoms with van der Waals surface area (Å²) in [6.07, 6.45) is 6.08. The van der Waals surface area contributed by atoms with Crippen LogP contribution in [0, 0.1) is 11.7 Å². The first kappa shape index (κ1) is 26.2. The SMILES string of the molecule is C=C1C(c2ncc(F)c(NC[C@H]3CCCN(C(=O)Nc4cccc(OC)c4)C3)n2)=CNC1=N/C=C(\C)Cl. The van der Waals surface area contributed by atoms with Crippen LogP contribution in [-0.2, 0) is 0 Å². The van der Waals surface area contributed by atoms with Crippen LogP contribution in [0.2, 0.25) is 0 Å². The van der Waals surface area contributed by atoms with Crippen molar-refractivity contribution in [3.63, 3.8) is 0 Å². The maximum Gasteiger partial charge on any atom is 0.321 e. The van der Waals surface area contributed by atoms with Gasteiger partial charge >= 0.3 is 6.03 Å². The summed E-state index contributed by atoms with van der Waals surface area (Å²) in [6.45, 7) is 7.41. The van der Waals surface area contributed by atoms with E-state index in [1.165, 1.54) is 6.20 Å². The summed E-state index contributed by atoms with van der Waals surface area (Å²) in [5.74, 6) is 1.18. The zero-order valence-corrected chi connectivity index (χ0v) is 21.5. The van der Waals surface area contributed by atoms with Crippen molar-refractivity contribution in [3.8, 4) is 5.75 Å². The number of nitrogens with zero attached hydrogens (tertiary/aromatic N) is 4. The van der Waals surface area contributed by atoms with Gasteiger partial charge in [0.2, 0.25) is 0 Å². The summed E-state index contributed by atoms with van der Waals surface area (Å²) in [4.78, 5) is 27.3. The van der Waals surface area contributed by atoms with E-state index in [-0.39, 0.29) is 17.8 Å². The molecule has 9 nitrogen and oxygen atoms in total. The number of likely N-dealkylation sites (tertiary alicyclic amines) is 1. The molecule has 0 spiro atoms. The number of allylic oxidation sites excluding steroid dienone is 1. The van der Waals surface area contributed by atoms with E-state index in [0.717, 1.165) is 19.0 Å². The second-order valence-corrected chi connectivity index (χ2v) is 9.36. The number of piperidine rings is 1. The van der Waals surface area contributed by atoms with Crippen molar-refractivity contribution in [2.24, 2.45) is 10.9 Å². The molecule has 4 rings (SSSR count). The third-order valence-electron chi connectivity index (χ3n) is 6.01. The molecular formula is C26H29ClFN7O2. The fourth-order valence-electron chi connectivity index (χ4n) is 4.09. The molecule has 37 heavy (non-hydrogen) atoms. The number of halogens is 2. The third kappa shape index (κ3) is 6.65. The van der Waals surface area contributed by atoms with E-state index in [1.54, 1.807) is 31.2 Å². The standard InChI is InChI=1S/C26H29ClFN7O2/c1-16(27)11-29-23-17(2)21(13-31-23)24-32-14-22(28)25(34-24)30-12-18-6-5-9-35(15-18)26(36)33-19-7-4-8-20(10-19)37-3/h4,7-8,10-11,13-14,18H,2,5-6,9,12,15H2,1,3H3,(H,29,31)(H,33,36)(H,30,32,34)/b16-11+/t18-/m1/s1. The van der Waals surface area contributed by atoms with E-state index in [0.29, 0.717) is 58.9 Å². The zero-order chi connectivity index (χ0) is 26.4. The molecule has 1 aromatic heterocycles. The highest BCUT2D eigenvalue weighted by atomic mass is 35.5. The number of aliphatic imine (C=N–C) groups is 1. The number of carbonyl (C=O) groups is 1. The number of hydrogen-bond donors (Lipinski definition) is 3. The lowest BCUT2D eigenvalue weighted by molar-refractivity contribution is 0.180. The third-order valence-corrected chi connectivity index (χ3v) is 6.10. The Kier molecular flexibility index (Phi) is 8.39. The van der Waals surface area contributed by atoms with Crippen molar-refractivity contribution in [1.29, 1.82) is 0 Å². The summed E-state index contributed by atoms with van der Waals surface area (Å²) < 4.78 is 19.7. The fourth-order valence-corrected chi connectivity index (χ4v) is 4.14.